The number of ether oxygens (including phenoxy) is 3. The number of carboxylic acid groups (broad SMARTS) is 1. The number of alkyl halides is 3. The number of morpholine rings is 1. The lowest BCUT2D eigenvalue weighted by Crippen LogP contribution is -2.60. The van der Waals surface area contributed by atoms with Gasteiger partial charge in [-0.15, -0.1) is 0 Å². The van der Waals surface area contributed by atoms with Crippen molar-refractivity contribution in [2.75, 3.05) is 66.3 Å². The summed E-state index contributed by atoms with van der Waals surface area (Å²) in [5.74, 6) is -2.82. The summed E-state index contributed by atoms with van der Waals surface area (Å²) in [7, 11) is 1.70. The summed E-state index contributed by atoms with van der Waals surface area (Å²) in [5.41, 5.74) is 0.626. The molecule has 1 spiro atoms. The van der Waals surface area contributed by atoms with E-state index in [0.717, 1.165) is 19.6 Å². The summed E-state index contributed by atoms with van der Waals surface area (Å²) in [4.78, 5) is 25.7. The molecule has 1 atom stereocenters. The molecule has 1 amide bonds. The Hall–Kier alpha value is -2.22. The Morgan fingerprint density at radius 2 is 2.00 bits per heavy atom. The summed E-state index contributed by atoms with van der Waals surface area (Å²) in [6, 6.07) is 0. The summed E-state index contributed by atoms with van der Waals surface area (Å²) in [6.07, 6.45) is -3.67. The van der Waals surface area contributed by atoms with Gasteiger partial charge in [0.05, 0.1) is 38.7 Å². The molecule has 0 aromatic carbocycles. The Bertz CT molecular complexity index is 743. The van der Waals surface area contributed by atoms with E-state index in [9.17, 15) is 18.0 Å². The van der Waals surface area contributed by atoms with Gasteiger partial charge in [0.15, 0.2) is 0 Å². The number of aliphatic carboxylic acids is 1. The lowest BCUT2D eigenvalue weighted by atomic mass is 10.0. The number of amides is 1. The Balaban J connectivity index is 0.000000423. The third-order valence-electron chi connectivity index (χ3n) is 4.80. The molecule has 2 aliphatic heterocycles. The van der Waals surface area contributed by atoms with Crippen LogP contribution in [0, 0.1) is 6.92 Å². The quantitative estimate of drug-likeness (QED) is 0.707. The number of halogens is 3. The van der Waals surface area contributed by atoms with Gasteiger partial charge in [-0.25, -0.2) is 4.79 Å². The predicted molar refractivity (Wildman–Crippen MR) is 98.7 cm³/mol. The molecule has 1 N–H and O–H groups in total. The van der Waals surface area contributed by atoms with Gasteiger partial charge in [-0.05, 0) is 6.92 Å². The maximum absolute atomic E-state index is 12.7. The first-order valence-electron chi connectivity index (χ1n) is 9.51. The fourth-order valence-electron chi connectivity index (χ4n) is 3.26. The van der Waals surface area contributed by atoms with Crippen molar-refractivity contribution in [2.24, 2.45) is 0 Å². The molecule has 0 bridgehead atoms. The molecule has 0 aliphatic carbocycles. The summed E-state index contributed by atoms with van der Waals surface area (Å²) >= 11 is 0. The molecule has 1 aromatic heterocycles. The summed E-state index contributed by atoms with van der Waals surface area (Å²) < 4.78 is 53.7. The van der Waals surface area contributed by atoms with Crippen molar-refractivity contribution in [3.8, 4) is 0 Å². The van der Waals surface area contributed by atoms with E-state index in [1.807, 2.05) is 4.90 Å². The number of aryl methyl sites for hydroxylation is 1. The summed E-state index contributed by atoms with van der Waals surface area (Å²) in [5, 5.41) is 10.9. The third kappa shape index (κ3) is 7.16. The van der Waals surface area contributed by atoms with Gasteiger partial charge in [0.25, 0.3) is 5.91 Å². The van der Waals surface area contributed by atoms with Crippen LogP contribution in [0.15, 0.2) is 10.8 Å². The highest BCUT2D eigenvalue weighted by Gasteiger charge is 2.42. The van der Waals surface area contributed by atoms with E-state index >= 15 is 0 Å². The molecule has 1 unspecified atom stereocenters. The lowest BCUT2D eigenvalue weighted by molar-refractivity contribution is -0.192. The zero-order valence-electron chi connectivity index (χ0n) is 17.3. The number of carbonyl (C=O) groups excluding carboxylic acids is 1. The SMILES string of the molecule is COCCN1CCOCC2(C1)CN(C(=O)c1conc1C)CCO2.O=C(O)C(F)(F)F. The minimum absolute atomic E-state index is 0.0656. The first-order chi connectivity index (χ1) is 14.6. The molecular formula is C18H26F3N3O7. The number of aromatic nitrogens is 1. The second-order valence-electron chi connectivity index (χ2n) is 7.20. The van der Waals surface area contributed by atoms with Crippen molar-refractivity contribution >= 4 is 11.9 Å². The number of hydrogen-bond acceptors (Lipinski definition) is 8. The van der Waals surface area contributed by atoms with Crippen LogP contribution >= 0.6 is 0 Å². The molecule has 0 radical (unpaired) electrons. The Morgan fingerprint density at radius 3 is 2.58 bits per heavy atom. The van der Waals surface area contributed by atoms with E-state index in [4.69, 9.17) is 28.6 Å². The monoisotopic (exact) mass is 453 g/mol. The van der Waals surface area contributed by atoms with Gasteiger partial charge >= 0.3 is 12.1 Å². The molecule has 3 heterocycles. The van der Waals surface area contributed by atoms with Gasteiger partial charge in [0, 0.05) is 33.3 Å². The van der Waals surface area contributed by atoms with Crippen LogP contribution in [0.1, 0.15) is 16.1 Å². The molecule has 0 saturated carbocycles. The van der Waals surface area contributed by atoms with Crippen LogP contribution < -0.4 is 0 Å². The van der Waals surface area contributed by atoms with Gasteiger partial charge in [0.2, 0.25) is 0 Å². The maximum Gasteiger partial charge on any atom is 0.490 e. The average molecular weight is 453 g/mol. The van der Waals surface area contributed by atoms with Crippen LogP contribution in [0.25, 0.3) is 0 Å². The fourth-order valence-corrected chi connectivity index (χ4v) is 3.26. The number of hydrogen-bond donors (Lipinski definition) is 1. The first-order valence-corrected chi connectivity index (χ1v) is 9.51. The molecule has 176 valence electrons. The van der Waals surface area contributed by atoms with Crippen LogP contribution in [0.4, 0.5) is 13.2 Å². The molecule has 31 heavy (non-hydrogen) atoms. The molecule has 2 aliphatic rings. The maximum atomic E-state index is 12.7. The smallest absolute Gasteiger partial charge is 0.475 e. The second-order valence-corrected chi connectivity index (χ2v) is 7.20. The molecule has 13 heteroatoms. The van der Waals surface area contributed by atoms with Gasteiger partial charge < -0.3 is 28.7 Å². The van der Waals surface area contributed by atoms with Gasteiger partial charge in [0.1, 0.15) is 17.4 Å². The highest BCUT2D eigenvalue weighted by atomic mass is 19.4. The number of nitrogens with zero attached hydrogens (tertiary/aromatic N) is 3. The van der Waals surface area contributed by atoms with E-state index in [1.54, 1.807) is 14.0 Å². The van der Waals surface area contributed by atoms with Gasteiger partial charge in [-0.3, -0.25) is 9.69 Å². The van der Waals surface area contributed by atoms with Crippen LogP contribution in [-0.2, 0) is 19.0 Å². The minimum atomic E-state index is -5.08. The van der Waals surface area contributed by atoms with Crippen LogP contribution in [-0.4, -0.2) is 110 Å². The number of methoxy groups -OCH3 is 1. The van der Waals surface area contributed by atoms with E-state index in [1.165, 1.54) is 6.26 Å². The number of rotatable bonds is 4. The molecular weight excluding hydrogens is 427 g/mol. The van der Waals surface area contributed by atoms with Gasteiger partial charge in [-0.2, -0.15) is 13.2 Å². The van der Waals surface area contributed by atoms with Crippen molar-refractivity contribution in [2.45, 2.75) is 18.7 Å². The molecule has 2 saturated heterocycles. The van der Waals surface area contributed by atoms with Crippen LogP contribution in [0.3, 0.4) is 0 Å². The van der Waals surface area contributed by atoms with Crippen molar-refractivity contribution in [1.82, 2.24) is 15.0 Å². The lowest BCUT2D eigenvalue weighted by Gasteiger charge is -2.43. The minimum Gasteiger partial charge on any atom is -0.475 e. The van der Waals surface area contributed by atoms with Crippen molar-refractivity contribution < 1.29 is 46.6 Å². The molecule has 3 rings (SSSR count). The van der Waals surface area contributed by atoms with E-state index in [-0.39, 0.29) is 5.91 Å². The van der Waals surface area contributed by atoms with Gasteiger partial charge in [-0.1, -0.05) is 5.16 Å². The van der Waals surface area contributed by atoms with E-state index < -0.39 is 17.7 Å². The zero-order valence-corrected chi connectivity index (χ0v) is 17.3. The van der Waals surface area contributed by atoms with Crippen molar-refractivity contribution in [3.63, 3.8) is 0 Å². The van der Waals surface area contributed by atoms with Crippen molar-refractivity contribution in [1.29, 1.82) is 0 Å². The van der Waals surface area contributed by atoms with Crippen LogP contribution in [0.2, 0.25) is 0 Å². The first kappa shape index (κ1) is 25.0. The highest BCUT2D eigenvalue weighted by Crippen LogP contribution is 2.24. The third-order valence-corrected chi connectivity index (χ3v) is 4.80. The normalized spacial score (nSPS) is 22.5. The number of carbonyl (C=O) groups is 2. The van der Waals surface area contributed by atoms with E-state index in [0.29, 0.717) is 50.8 Å². The average Bonchev–Trinajstić information content (AvgIpc) is 3.04. The fraction of sp³-hybridized carbons (Fsp3) is 0.722. The molecule has 10 nitrogen and oxygen atoms in total. The predicted octanol–water partition coefficient (Wildman–Crippen LogP) is 0.806. The Labute approximate surface area is 176 Å². The summed E-state index contributed by atoms with van der Waals surface area (Å²) in [6.45, 7) is 7.53. The number of carboxylic acids is 1. The standard InChI is InChI=1S/C16H25N3O5.C2HF3O2/c1-13-14(9-24-17-13)15(20)19-5-8-23-16(11-19)10-18(3-6-21-2)4-7-22-12-16;3-2(4,5)1(6)7/h9H,3-8,10-12H2,1-2H3;(H,6,7). The highest BCUT2D eigenvalue weighted by molar-refractivity contribution is 5.95. The molecule has 2 fully saturated rings. The second kappa shape index (κ2) is 10.9. The Morgan fingerprint density at radius 1 is 1.29 bits per heavy atom. The largest absolute Gasteiger partial charge is 0.490 e. The van der Waals surface area contributed by atoms with E-state index in [2.05, 4.69) is 10.1 Å². The zero-order chi connectivity index (χ0) is 23.1. The van der Waals surface area contributed by atoms with Crippen molar-refractivity contribution in [3.05, 3.63) is 17.5 Å². The Kier molecular flexibility index (Phi) is 8.79. The van der Waals surface area contributed by atoms with Crippen LogP contribution in [0.5, 0.6) is 0 Å². The molecule has 1 aromatic rings. The topological polar surface area (TPSA) is 115 Å².